The molecule has 0 aliphatic heterocycles. The van der Waals surface area contributed by atoms with Crippen LogP contribution in [-0.2, 0) is 0 Å². The number of fused-ring (bicyclic) bond motifs is 3. The molecule has 2 aromatic heterocycles. The Balaban J connectivity index is 0.831. The molecule has 66 heavy (non-hydrogen) atoms. The minimum atomic E-state index is 0.614. The third-order valence-corrected chi connectivity index (χ3v) is 12.7. The molecule has 5 nitrogen and oxygen atoms in total. The maximum absolute atomic E-state index is 9.50. The molecule has 0 fully saturated rings. The molecule has 0 saturated carbocycles. The van der Waals surface area contributed by atoms with Gasteiger partial charge in [0.25, 0.3) is 0 Å². The zero-order valence-electron chi connectivity index (χ0n) is 35.6. The Hall–Kier alpha value is -9.11. The van der Waals surface area contributed by atoms with Gasteiger partial charge >= 0.3 is 0 Å². The van der Waals surface area contributed by atoms with Gasteiger partial charge in [0.15, 0.2) is 17.5 Å². The van der Waals surface area contributed by atoms with Gasteiger partial charge in [0.05, 0.1) is 17.3 Å². The van der Waals surface area contributed by atoms with E-state index in [-0.39, 0.29) is 0 Å². The van der Waals surface area contributed by atoms with E-state index in [1.54, 1.807) is 6.20 Å². The first-order chi connectivity index (χ1) is 32.6. The van der Waals surface area contributed by atoms with Gasteiger partial charge < -0.3 is 0 Å². The Bertz CT molecular complexity index is 3610. The zero-order chi connectivity index (χ0) is 44.0. The maximum Gasteiger partial charge on any atom is 0.164 e. The lowest BCUT2D eigenvalue weighted by Crippen LogP contribution is -2.00. The average Bonchev–Trinajstić information content (AvgIpc) is 3.73. The van der Waals surface area contributed by atoms with Crippen molar-refractivity contribution < 1.29 is 0 Å². The summed E-state index contributed by atoms with van der Waals surface area (Å²) in [6, 6.07) is 78.3. The molecule has 306 valence electrons. The maximum atomic E-state index is 9.50. The lowest BCUT2D eigenvalue weighted by molar-refractivity contribution is 1.07. The molecule has 9 aromatic carbocycles. The van der Waals surface area contributed by atoms with E-state index in [9.17, 15) is 5.26 Å². The first-order valence-electron chi connectivity index (χ1n) is 22.0. The molecule has 0 N–H and O–H groups in total. The van der Waals surface area contributed by atoms with Crippen LogP contribution in [0.5, 0.6) is 0 Å². The fourth-order valence-electron chi connectivity index (χ4n) is 9.29. The molecule has 0 saturated heterocycles. The largest absolute Gasteiger partial charge is 0.256 e. The second kappa shape index (κ2) is 16.2. The van der Waals surface area contributed by atoms with Crippen molar-refractivity contribution in [2.24, 2.45) is 0 Å². The molecule has 0 atom stereocenters. The number of hydrogen-bond acceptors (Lipinski definition) is 5. The summed E-state index contributed by atoms with van der Waals surface area (Å²) < 4.78 is 0. The molecule has 12 rings (SSSR count). The highest BCUT2D eigenvalue weighted by Gasteiger charge is 2.25. The van der Waals surface area contributed by atoms with Crippen molar-refractivity contribution in [1.82, 2.24) is 19.9 Å². The van der Waals surface area contributed by atoms with Crippen molar-refractivity contribution in [2.75, 3.05) is 0 Å². The second-order valence-corrected chi connectivity index (χ2v) is 16.5. The summed E-state index contributed by atoms with van der Waals surface area (Å²) >= 11 is 0. The van der Waals surface area contributed by atoms with E-state index in [2.05, 4.69) is 157 Å². The lowest BCUT2D eigenvalue weighted by Gasteiger charge is -2.15. The van der Waals surface area contributed by atoms with Gasteiger partial charge in [0.2, 0.25) is 0 Å². The van der Waals surface area contributed by atoms with Gasteiger partial charge in [-0.15, -0.1) is 0 Å². The van der Waals surface area contributed by atoms with E-state index >= 15 is 0 Å². The van der Waals surface area contributed by atoms with Crippen LogP contribution in [0.1, 0.15) is 5.56 Å². The van der Waals surface area contributed by atoms with Gasteiger partial charge in [0.1, 0.15) is 0 Å². The van der Waals surface area contributed by atoms with Crippen molar-refractivity contribution in [3.8, 4) is 118 Å². The average molecular weight is 840 g/mol. The number of aromatic nitrogens is 4. The molecule has 0 radical (unpaired) electrons. The normalized spacial score (nSPS) is 11.3. The van der Waals surface area contributed by atoms with Crippen LogP contribution < -0.4 is 0 Å². The highest BCUT2D eigenvalue weighted by molar-refractivity contribution is 6.22. The molecule has 1 aliphatic carbocycles. The summed E-state index contributed by atoms with van der Waals surface area (Å²) in [5, 5.41) is 12.0. The molecule has 0 unspecified atom stereocenters. The highest BCUT2D eigenvalue weighted by Crippen LogP contribution is 2.52. The van der Waals surface area contributed by atoms with Crippen molar-refractivity contribution in [3.63, 3.8) is 0 Å². The van der Waals surface area contributed by atoms with Crippen LogP contribution in [0.3, 0.4) is 0 Å². The molecule has 0 spiro atoms. The van der Waals surface area contributed by atoms with Gasteiger partial charge in [-0.05, 0) is 102 Å². The van der Waals surface area contributed by atoms with E-state index in [0.29, 0.717) is 23.0 Å². The van der Waals surface area contributed by atoms with E-state index in [1.165, 1.54) is 38.6 Å². The van der Waals surface area contributed by atoms with E-state index in [1.807, 2.05) is 72.8 Å². The Morgan fingerprint density at radius 3 is 1.09 bits per heavy atom. The third-order valence-electron chi connectivity index (χ3n) is 12.7. The minimum Gasteiger partial charge on any atom is -0.256 e. The van der Waals surface area contributed by atoms with Gasteiger partial charge in [-0.3, -0.25) is 4.98 Å². The Kier molecular flexibility index (Phi) is 9.48. The Labute approximate surface area is 382 Å². The molecule has 1 aliphatic rings. The molecule has 0 amide bonds. The SMILES string of the molecule is N#Cc1ccc(-c2ccc3c4c(ccc(-c5ccc(-c6ccc(-c7ccc(-c8nc(-c9ccccc9)nc(-c9ccc(-c%10ccccn%10)cc9)n8)cc7)cc6)cc5)c24)-c2ccccc2-3)cc1. The summed E-state index contributed by atoms with van der Waals surface area (Å²) in [4.78, 5) is 19.4. The standard InChI is InChI=1S/C61H37N5/c62-38-39-13-15-44(16-14-39)50-33-35-54-52-10-4-5-11-53(52)55-36-34-51(57(50)58(54)55)45-25-21-42(22-26-45)40-17-19-41(20-18-40)43-23-29-48(30-24-43)60-64-59(47-8-2-1-3-9-47)65-61(66-60)49-31-27-46(28-32-49)56-12-6-7-37-63-56/h1-37H. The minimum absolute atomic E-state index is 0.614. The van der Waals surface area contributed by atoms with Crippen LogP contribution >= 0.6 is 0 Å². The second-order valence-electron chi connectivity index (χ2n) is 16.5. The van der Waals surface area contributed by atoms with Gasteiger partial charge in [0, 0.05) is 28.5 Å². The van der Waals surface area contributed by atoms with Crippen LogP contribution in [0, 0.1) is 11.3 Å². The smallest absolute Gasteiger partial charge is 0.164 e. The third kappa shape index (κ3) is 6.91. The predicted octanol–water partition coefficient (Wildman–Crippen LogP) is 15.3. The monoisotopic (exact) mass is 839 g/mol. The number of rotatable bonds is 8. The number of pyridine rings is 1. The Morgan fingerprint density at radius 2 is 0.636 bits per heavy atom. The summed E-state index contributed by atoms with van der Waals surface area (Å²) in [5.41, 5.74) is 19.5. The predicted molar refractivity (Wildman–Crippen MR) is 268 cm³/mol. The quantitative estimate of drug-likeness (QED) is 0.152. The van der Waals surface area contributed by atoms with Crippen molar-refractivity contribution >= 4 is 10.8 Å². The van der Waals surface area contributed by atoms with E-state index in [4.69, 9.17) is 15.0 Å². The molecule has 2 heterocycles. The Morgan fingerprint density at radius 1 is 0.273 bits per heavy atom. The number of nitriles is 1. The molecule has 5 heteroatoms. The van der Waals surface area contributed by atoms with Crippen molar-refractivity contribution in [2.45, 2.75) is 0 Å². The summed E-state index contributed by atoms with van der Waals surface area (Å²) in [6.45, 7) is 0. The molecular formula is C61H37N5. The molecule has 11 aromatic rings. The molecular weight excluding hydrogens is 803 g/mol. The summed E-state index contributed by atoms with van der Waals surface area (Å²) in [7, 11) is 0. The van der Waals surface area contributed by atoms with E-state index in [0.717, 1.165) is 66.9 Å². The fourth-order valence-corrected chi connectivity index (χ4v) is 9.29. The van der Waals surface area contributed by atoms with Crippen LogP contribution in [0.25, 0.3) is 123 Å². The zero-order valence-corrected chi connectivity index (χ0v) is 35.6. The summed E-state index contributed by atoms with van der Waals surface area (Å²) in [5.74, 6) is 1.86. The van der Waals surface area contributed by atoms with Crippen molar-refractivity contribution in [1.29, 1.82) is 5.26 Å². The van der Waals surface area contributed by atoms with Gasteiger partial charge in [-0.1, -0.05) is 194 Å². The topological polar surface area (TPSA) is 75.3 Å². The van der Waals surface area contributed by atoms with Gasteiger partial charge in [-0.25, -0.2) is 15.0 Å². The first kappa shape index (κ1) is 38.6. The first-order valence-corrected chi connectivity index (χ1v) is 22.0. The number of benzene rings is 9. The lowest BCUT2D eigenvalue weighted by atomic mass is 9.88. The molecule has 0 bridgehead atoms. The number of nitrogens with zero attached hydrogens (tertiary/aromatic N) is 5. The van der Waals surface area contributed by atoms with Crippen LogP contribution in [0.4, 0.5) is 0 Å². The van der Waals surface area contributed by atoms with E-state index < -0.39 is 0 Å². The highest BCUT2D eigenvalue weighted by atomic mass is 15.0. The van der Waals surface area contributed by atoms with Crippen LogP contribution in [0.2, 0.25) is 0 Å². The fraction of sp³-hybridized carbons (Fsp3) is 0. The van der Waals surface area contributed by atoms with Crippen LogP contribution in [0.15, 0.2) is 225 Å². The number of hydrogen-bond donors (Lipinski definition) is 0. The van der Waals surface area contributed by atoms with Crippen LogP contribution in [-0.4, -0.2) is 19.9 Å². The van der Waals surface area contributed by atoms with Gasteiger partial charge in [-0.2, -0.15) is 5.26 Å². The summed E-state index contributed by atoms with van der Waals surface area (Å²) in [6.07, 6.45) is 1.81. The van der Waals surface area contributed by atoms with Crippen molar-refractivity contribution in [3.05, 3.63) is 230 Å².